The van der Waals surface area contributed by atoms with E-state index < -0.39 is 0 Å². The van der Waals surface area contributed by atoms with Crippen LogP contribution in [0.15, 0.2) is 83.9 Å². The molecule has 2 N–H and O–H groups in total. The van der Waals surface area contributed by atoms with Crippen LogP contribution in [-0.2, 0) is 11.8 Å². The highest BCUT2D eigenvalue weighted by Gasteiger charge is 2.12. The molecule has 0 aliphatic carbocycles. The van der Waals surface area contributed by atoms with Gasteiger partial charge in [0.2, 0.25) is 0 Å². The van der Waals surface area contributed by atoms with E-state index in [4.69, 9.17) is 0 Å². The molecular weight excluding hydrogens is 432 g/mol. The molecule has 0 radical (unpaired) electrons. The van der Waals surface area contributed by atoms with Gasteiger partial charge in [0.1, 0.15) is 5.82 Å². The van der Waals surface area contributed by atoms with Gasteiger partial charge >= 0.3 is 0 Å². The van der Waals surface area contributed by atoms with Crippen LogP contribution in [-0.4, -0.2) is 21.6 Å². The van der Waals surface area contributed by atoms with Gasteiger partial charge in [-0.1, -0.05) is 59.4 Å². The van der Waals surface area contributed by atoms with Crippen LogP contribution in [0.2, 0.25) is 0 Å². The number of benzene rings is 2. The molecule has 0 saturated heterocycles. The molecule has 7 heteroatoms. The maximum Gasteiger partial charge on any atom is 0.256 e. The van der Waals surface area contributed by atoms with Gasteiger partial charge < -0.3 is 10.6 Å². The van der Waals surface area contributed by atoms with Crippen molar-refractivity contribution in [2.45, 2.75) is 0 Å². The maximum absolute atomic E-state index is 12.4. The lowest BCUT2D eigenvalue weighted by Crippen LogP contribution is -2.14. The number of nitrogens with one attached hydrogen (secondary N) is 2. The summed E-state index contributed by atoms with van der Waals surface area (Å²) in [5.41, 5.74) is 3.01. The first-order chi connectivity index (χ1) is 13.8. The fourth-order valence-electron chi connectivity index (χ4n) is 2.56. The zero-order valence-corrected chi connectivity index (χ0v) is 17.4. The SMILES string of the molecule is C=C(Br)C(=C)C(=O)Nc1ccc(-c2cc(NC(=O)c3ccccc3)n(C)n2)cc1. The van der Waals surface area contributed by atoms with Crippen LogP contribution in [0.5, 0.6) is 0 Å². The van der Waals surface area contributed by atoms with E-state index in [0.717, 1.165) is 5.56 Å². The smallest absolute Gasteiger partial charge is 0.256 e. The fraction of sp³-hybridized carbons (Fsp3) is 0.0455. The Bertz CT molecular complexity index is 1090. The van der Waals surface area contributed by atoms with E-state index in [1.807, 2.05) is 30.3 Å². The molecule has 1 aromatic heterocycles. The number of rotatable bonds is 6. The van der Waals surface area contributed by atoms with E-state index in [1.54, 1.807) is 42.1 Å². The molecule has 0 atom stereocenters. The highest BCUT2D eigenvalue weighted by atomic mass is 79.9. The standard InChI is InChI=1S/C22H19BrN4O2/c1-14(15(2)23)21(28)24-18-11-9-16(10-12-18)19-13-20(27(3)26-19)25-22(29)17-7-5-4-6-8-17/h4-13H,1-2H2,3H3,(H,24,28)(H,25,29). The normalized spacial score (nSPS) is 10.3. The fourth-order valence-corrected chi connectivity index (χ4v) is 2.74. The number of carbonyl (C=O) groups is 2. The van der Waals surface area contributed by atoms with Crippen molar-refractivity contribution in [3.05, 3.63) is 89.4 Å². The molecule has 0 bridgehead atoms. The van der Waals surface area contributed by atoms with Crippen LogP contribution in [0.1, 0.15) is 10.4 Å². The van der Waals surface area contributed by atoms with Gasteiger partial charge in [0.15, 0.2) is 0 Å². The van der Waals surface area contributed by atoms with Crippen LogP contribution in [0.3, 0.4) is 0 Å². The number of nitrogens with zero attached hydrogens (tertiary/aromatic N) is 2. The second-order valence-electron chi connectivity index (χ2n) is 6.27. The summed E-state index contributed by atoms with van der Waals surface area (Å²) in [4.78, 5) is 24.4. The summed E-state index contributed by atoms with van der Waals surface area (Å²) < 4.78 is 2.04. The Morgan fingerprint density at radius 3 is 2.28 bits per heavy atom. The lowest BCUT2D eigenvalue weighted by molar-refractivity contribution is -0.112. The Labute approximate surface area is 177 Å². The van der Waals surface area contributed by atoms with Crippen molar-refractivity contribution in [1.82, 2.24) is 9.78 Å². The molecule has 0 fully saturated rings. The van der Waals surface area contributed by atoms with E-state index in [9.17, 15) is 9.59 Å². The van der Waals surface area contributed by atoms with E-state index >= 15 is 0 Å². The highest BCUT2D eigenvalue weighted by molar-refractivity contribution is 9.12. The van der Waals surface area contributed by atoms with Crippen molar-refractivity contribution in [3.63, 3.8) is 0 Å². The summed E-state index contributed by atoms with van der Waals surface area (Å²) in [5.74, 6) is 0.0496. The molecule has 146 valence electrons. The van der Waals surface area contributed by atoms with E-state index in [2.05, 4.69) is 44.8 Å². The predicted octanol–water partition coefficient (Wildman–Crippen LogP) is 4.74. The third-order valence-electron chi connectivity index (χ3n) is 4.20. The molecule has 0 aliphatic rings. The second-order valence-corrected chi connectivity index (χ2v) is 7.23. The molecular formula is C22H19BrN4O2. The largest absolute Gasteiger partial charge is 0.322 e. The molecule has 2 aromatic carbocycles. The third-order valence-corrected chi connectivity index (χ3v) is 4.68. The zero-order chi connectivity index (χ0) is 21.0. The Balaban J connectivity index is 1.72. The first-order valence-electron chi connectivity index (χ1n) is 8.71. The lowest BCUT2D eigenvalue weighted by Gasteiger charge is -2.07. The van der Waals surface area contributed by atoms with E-state index in [0.29, 0.717) is 27.2 Å². The summed E-state index contributed by atoms with van der Waals surface area (Å²) in [6, 6.07) is 18.0. The lowest BCUT2D eigenvalue weighted by atomic mass is 10.1. The predicted molar refractivity (Wildman–Crippen MR) is 119 cm³/mol. The number of anilines is 2. The Morgan fingerprint density at radius 1 is 1.00 bits per heavy atom. The first-order valence-corrected chi connectivity index (χ1v) is 9.50. The van der Waals surface area contributed by atoms with Crippen LogP contribution >= 0.6 is 15.9 Å². The number of hydrogen-bond acceptors (Lipinski definition) is 3. The van der Waals surface area contributed by atoms with E-state index in [1.165, 1.54) is 0 Å². The van der Waals surface area contributed by atoms with Crippen LogP contribution in [0.25, 0.3) is 11.3 Å². The Hall–Kier alpha value is -3.45. The number of halogens is 1. The van der Waals surface area contributed by atoms with Gasteiger partial charge in [-0.3, -0.25) is 14.3 Å². The molecule has 3 aromatic rings. The summed E-state index contributed by atoms with van der Waals surface area (Å²) in [7, 11) is 1.76. The molecule has 3 rings (SSSR count). The van der Waals surface area contributed by atoms with Crippen molar-refractivity contribution in [3.8, 4) is 11.3 Å². The van der Waals surface area contributed by atoms with E-state index in [-0.39, 0.29) is 17.4 Å². The van der Waals surface area contributed by atoms with Gasteiger partial charge in [-0.25, -0.2) is 0 Å². The molecule has 0 unspecified atom stereocenters. The van der Waals surface area contributed by atoms with Crippen LogP contribution in [0, 0.1) is 0 Å². The van der Waals surface area contributed by atoms with Crippen molar-refractivity contribution < 1.29 is 9.59 Å². The molecule has 0 saturated carbocycles. The average Bonchev–Trinajstić information content (AvgIpc) is 3.08. The molecule has 1 heterocycles. The Morgan fingerprint density at radius 2 is 1.66 bits per heavy atom. The van der Waals surface area contributed by atoms with Crippen LogP contribution in [0.4, 0.5) is 11.5 Å². The van der Waals surface area contributed by atoms with Gasteiger partial charge in [0.05, 0.1) is 5.69 Å². The number of aryl methyl sites for hydroxylation is 1. The number of aromatic nitrogens is 2. The molecule has 6 nitrogen and oxygen atoms in total. The third kappa shape index (κ3) is 4.89. The quantitative estimate of drug-likeness (QED) is 0.420. The van der Waals surface area contributed by atoms with Crippen molar-refractivity contribution in [1.29, 1.82) is 0 Å². The van der Waals surface area contributed by atoms with Crippen molar-refractivity contribution in [2.75, 3.05) is 10.6 Å². The minimum Gasteiger partial charge on any atom is -0.322 e. The molecule has 2 amide bonds. The van der Waals surface area contributed by atoms with Crippen molar-refractivity contribution in [2.24, 2.45) is 7.05 Å². The van der Waals surface area contributed by atoms with Gasteiger partial charge in [0, 0.05) is 40.0 Å². The second kappa shape index (κ2) is 8.70. The first kappa shape index (κ1) is 20.3. The average molecular weight is 451 g/mol. The maximum atomic E-state index is 12.4. The van der Waals surface area contributed by atoms with Gasteiger partial charge in [-0.15, -0.1) is 0 Å². The van der Waals surface area contributed by atoms with Gasteiger partial charge in [-0.2, -0.15) is 5.10 Å². The minimum atomic E-state index is -0.330. The zero-order valence-electron chi connectivity index (χ0n) is 15.8. The summed E-state index contributed by atoms with van der Waals surface area (Å²) in [5, 5.41) is 10.1. The molecule has 0 spiro atoms. The van der Waals surface area contributed by atoms with Crippen LogP contribution < -0.4 is 10.6 Å². The molecule has 0 aliphatic heterocycles. The summed E-state index contributed by atoms with van der Waals surface area (Å²) in [6.07, 6.45) is 0. The summed E-state index contributed by atoms with van der Waals surface area (Å²) in [6.45, 7) is 7.31. The topological polar surface area (TPSA) is 76.0 Å². The van der Waals surface area contributed by atoms with Gasteiger partial charge in [0.25, 0.3) is 11.8 Å². The number of hydrogen-bond donors (Lipinski definition) is 2. The monoisotopic (exact) mass is 450 g/mol. The summed E-state index contributed by atoms with van der Waals surface area (Å²) >= 11 is 3.14. The highest BCUT2D eigenvalue weighted by Crippen LogP contribution is 2.24. The number of carbonyl (C=O) groups excluding carboxylic acids is 2. The number of amides is 2. The Kier molecular flexibility index (Phi) is 6.09. The van der Waals surface area contributed by atoms with Crippen molar-refractivity contribution >= 4 is 39.2 Å². The molecule has 29 heavy (non-hydrogen) atoms. The minimum absolute atomic E-state index is 0.202. The van der Waals surface area contributed by atoms with Gasteiger partial charge in [-0.05, 0) is 24.3 Å².